The molecule has 2 amide bonds. The van der Waals surface area contributed by atoms with E-state index >= 15 is 0 Å². The van der Waals surface area contributed by atoms with Gasteiger partial charge < -0.3 is 18.8 Å². The summed E-state index contributed by atoms with van der Waals surface area (Å²) in [5, 5.41) is 10.9. The highest BCUT2D eigenvalue weighted by molar-refractivity contribution is 5.97. The normalized spacial score (nSPS) is 11.7. The Bertz CT molecular complexity index is 1090. The van der Waals surface area contributed by atoms with Crippen molar-refractivity contribution < 1.29 is 18.9 Å². The quantitative estimate of drug-likeness (QED) is 0.342. The molecule has 0 spiro atoms. The largest absolute Gasteiger partial charge is 0.467 e. The van der Waals surface area contributed by atoms with Crippen LogP contribution in [0.2, 0.25) is 0 Å². The molecule has 3 rings (SSSR count). The Morgan fingerprint density at radius 2 is 1.85 bits per heavy atom. The average Bonchev–Trinajstić information content (AvgIpc) is 3.47. The molecule has 9 heteroatoms. The van der Waals surface area contributed by atoms with Gasteiger partial charge in [-0.2, -0.15) is 0 Å². The lowest BCUT2D eigenvalue weighted by molar-refractivity contribution is -0.384. The van der Waals surface area contributed by atoms with Crippen LogP contribution < -0.4 is 0 Å². The minimum Gasteiger partial charge on any atom is -0.467 e. The summed E-state index contributed by atoms with van der Waals surface area (Å²) < 4.78 is 7.39. The third-order valence-corrected chi connectivity index (χ3v) is 5.70. The van der Waals surface area contributed by atoms with Crippen molar-refractivity contribution in [1.29, 1.82) is 0 Å². The highest BCUT2D eigenvalue weighted by Crippen LogP contribution is 2.17. The summed E-state index contributed by atoms with van der Waals surface area (Å²) in [5.74, 6) is 0.0851. The second-order valence-corrected chi connectivity index (χ2v) is 7.93. The van der Waals surface area contributed by atoms with Crippen molar-refractivity contribution in [3.63, 3.8) is 0 Å². The Morgan fingerprint density at radius 1 is 1.12 bits per heavy atom. The van der Waals surface area contributed by atoms with Gasteiger partial charge in [-0.15, -0.1) is 0 Å². The van der Waals surface area contributed by atoms with Crippen LogP contribution in [0.15, 0.2) is 65.4 Å². The highest BCUT2D eigenvalue weighted by atomic mass is 16.6. The minimum atomic E-state index is -0.514. The zero-order valence-electron chi connectivity index (χ0n) is 19.0. The van der Waals surface area contributed by atoms with Crippen molar-refractivity contribution in [2.75, 3.05) is 6.54 Å². The Kier molecular flexibility index (Phi) is 7.66. The van der Waals surface area contributed by atoms with E-state index in [0.717, 1.165) is 5.69 Å². The number of carbonyl (C=O) groups excluding carboxylic acids is 2. The van der Waals surface area contributed by atoms with Gasteiger partial charge in [0.05, 0.1) is 24.3 Å². The van der Waals surface area contributed by atoms with Crippen molar-refractivity contribution in [1.82, 2.24) is 14.4 Å². The maximum Gasteiger partial charge on any atom is 0.269 e. The van der Waals surface area contributed by atoms with Gasteiger partial charge in [0.2, 0.25) is 5.91 Å². The van der Waals surface area contributed by atoms with Gasteiger partial charge in [0, 0.05) is 42.7 Å². The lowest BCUT2D eigenvalue weighted by Crippen LogP contribution is -2.46. The zero-order valence-corrected chi connectivity index (χ0v) is 19.0. The molecule has 0 saturated heterocycles. The van der Waals surface area contributed by atoms with Gasteiger partial charge >= 0.3 is 0 Å². The lowest BCUT2D eigenvalue weighted by atomic mass is 10.1. The fraction of sp³-hybridized carbons (Fsp3) is 0.333. The number of rotatable bonds is 10. The average molecular weight is 453 g/mol. The second-order valence-electron chi connectivity index (χ2n) is 7.93. The molecule has 1 aromatic carbocycles. The molecule has 0 aliphatic heterocycles. The third kappa shape index (κ3) is 5.88. The number of aromatic nitrogens is 1. The number of aryl methyl sites for hydroxylation is 1. The molecule has 2 heterocycles. The summed E-state index contributed by atoms with van der Waals surface area (Å²) in [6.45, 7) is 4.34. The topological polar surface area (TPSA) is 102 Å². The van der Waals surface area contributed by atoms with E-state index in [1.54, 1.807) is 23.3 Å². The Labute approximate surface area is 192 Å². The molecule has 1 unspecified atom stereocenters. The van der Waals surface area contributed by atoms with Crippen LogP contribution in [0.25, 0.3) is 0 Å². The van der Waals surface area contributed by atoms with Crippen LogP contribution in [0.5, 0.6) is 0 Å². The van der Waals surface area contributed by atoms with E-state index in [1.807, 2.05) is 43.8 Å². The number of amides is 2. The molecule has 0 N–H and O–H groups in total. The molecule has 0 fully saturated rings. The summed E-state index contributed by atoms with van der Waals surface area (Å²) in [7, 11) is 1.91. The Hall–Kier alpha value is -3.88. The van der Waals surface area contributed by atoms with Crippen molar-refractivity contribution >= 4 is 17.5 Å². The SMILES string of the molecule is CCC(C)N(CC(=O)N(Cc1ccco1)Cc1cccn1C)C(=O)c1ccc([N+](=O)[O-])cc1. The molecule has 3 aromatic rings. The van der Waals surface area contributed by atoms with Crippen LogP contribution in [0, 0.1) is 10.1 Å². The predicted octanol–water partition coefficient (Wildman–Crippen LogP) is 4.00. The predicted molar refractivity (Wildman–Crippen MR) is 122 cm³/mol. The number of carbonyl (C=O) groups is 2. The smallest absolute Gasteiger partial charge is 0.269 e. The van der Waals surface area contributed by atoms with Gasteiger partial charge in [-0.05, 0) is 49.7 Å². The number of benzene rings is 1. The fourth-order valence-electron chi connectivity index (χ4n) is 3.46. The van der Waals surface area contributed by atoms with E-state index in [1.165, 1.54) is 29.2 Å². The van der Waals surface area contributed by atoms with Crippen LogP contribution >= 0.6 is 0 Å². The number of non-ortho nitro benzene ring substituents is 1. The summed E-state index contributed by atoms with van der Waals surface area (Å²) in [6.07, 6.45) is 4.13. The number of furan rings is 1. The van der Waals surface area contributed by atoms with Gasteiger partial charge in [-0.3, -0.25) is 19.7 Å². The maximum atomic E-state index is 13.4. The molecule has 1 atom stereocenters. The fourth-order valence-corrected chi connectivity index (χ4v) is 3.46. The molecule has 0 radical (unpaired) electrons. The van der Waals surface area contributed by atoms with E-state index in [0.29, 0.717) is 24.3 Å². The van der Waals surface area contributed by atoms with Crippen LogP contribution in [0.4, 0.5) is 5.69 Å². The number of nitro benzene ring substituents is 1. The first-order valence-corrected chi connectivity index (χ1v) is 10.8. The van der Waals surface area contributed by atoms with Crippen LogP contribution in [-0.2, 0) is 24.9 Å². The van der Waals surface area contributed by atoms with Crippen LogP contribution in [-0.4, -0.2) is 43.7 Å². The number of nitro groups is 1. The van der Waals surface area contributed by atoms with Gasteiger partial charge in [0.1, 0.15) is 12.3 Å². The molecule has 0 aliphatic carbocycles. The Balaban J connectivity index is 1.82. The molecule has 0 aliphatic rings. The van der Waals surface area contributed by atoms with E-state index in [-0.39, 0.29) is 36.6 Å². The highest BCUT2D eigenvalue weighted by Gasteiger charge is 2.27. The molecule has 9 nitrogen and oxygen atoms in total. The van der Waals surface area contributed by atoms with Gasteiger partial charge in [0.25, 0.3) is 11.6 Å². The van der Waals surface area contributed by atoms with Crippen LogP contribution in [0.1, 0.15) is 42.1 Å². The monoisotopic (exact) mass is 452 g/mol. The van der Waals surface area contributed by atoms with E-state index in [9.17, 15) is 19.7 Å². The van der Waals surface area contributed by atoms with Crippen molar-refractivity contribution in [2.45, 2.75) is 39.4 Å². The first kappa shape index (κ1) is 23.8. The first-order chi connectivity index (χ1) is 15.8. The van der Waals surface area contributed by atoms with E-state index in [4.69, 9.17) is 4.42 Å². The lowest BCUT2D eigenvalue weighted by Gasteiger charge is -2.31. The number of hydrogen-bond donors (Lipinski definition) is 0. The van der Waals surface area contributed by atoms with Gasteiger partial charge in [-0.25, -0.2) is 0 Å². The van der Waals surface area contributed by atoms with Gasteiger partial charge in [0.15, 0.2) is 0 Å². The van der Waals surface area contributed by atoms with E-state index in [2.05, 4.69) is 0 Å². The molecule has 174 valence electrons. The number of hydrogen-bond acceptors (Lipinski definition) is 5. The number of nitrogens with zero attached hydrogens (tertiary/aromatic N) is 4. The molecule has 2 aromatic heterocycles. The maximum absolute atomic E-state index is 13.4. The van der Waals surface area contributed by atoms with Crippen molar-refractivity contribution in [2.24, 2.45) is 7.05 Å². The zero-order chi connectivity index (χ0) is 24.0. The van der Waals surface area contributed by atoms with Crippen LogP contribution in [0.3, 0.4) is 0 Å². The minimum absolute atomic E-state index is 0.0927. The molecule has 33 heavy (non-hydrogen) atoms. The van der Waals surface area contributed by atoms with Crippen molar-refractivity contribution in [3.05, 3.63) is 88.1 Å². The van der Waals surface area contributed by atoms with Crippen molar-refractivity contribution in [3.8, 4) is 0 Å². The second kappa shape index (κ2) is 10.6. The summed E-state index contributed by atoms with van der Waals surface area (Å²) in [4.78, 5) is 40.2. The summed E-state index contributed by atoms with van der Waals surface area (Å²) >= 11 is 0. The molecule has 0 saturated carbocycles. The molecular weight excluding hydrogens is 424 g/mol. The van der Waals surface area contributed by atoms with Gasteiger partial charge in [-0.1, -0.05) is 6.92 Å². The first-order valence-electron chi connectivity index (χ1n) is 10.8. The summed E-state index contributed by atoms with van der Waals surface area (Å²) in [5.41, 5.74) is 1.16. The Morgan fingerprint density at radius 3 is 2.39 bits per heavy atom. The van der Waals surface area contributed by atoms with E-state index < -0.39 is 4.92 Å². The molecular formula is C24H28N4O5. The third-order valence-electron chi connectivity index (χ3n) is 5.70. The molecule has 0 bridgehead atoms. The standard InChI is InChI=1S/C24H28N4O5/c1-4-18(2)27(24(30)19-9-11-20(12-10-19)28(31)32)17-23(29)26(16-22-8-6-14-33-22)15-21-7-5-13-25(21)3/h5-14,18H,4,15-17H2,1-3H3. The summed E-state index contributed by atoms with van der Waals surface area (Å²) in [6, 6.07) is 12.7.